The number of benzene rings is 14. The molecule has 406 valence electrons. The molecule has 14 aromatic carbocycles. The Balaban J connectivity index is 0.675. The summed E-state index contributed by atoms with van der Waals surface area (Å²) in [5, 5.41) is 4.95. The molecule has 1 aliphatic rings. The molecule has 0 amide bonds. The zero-order valence-electron chi connectivity index (χ0n) is 47.7. The van der Waals surface area contributed by atoms with Gasteiger partial charge in [-0.1, -0.05) is 273 Å². The van der Waals surface area contributed by atoms with Gasteiger partial charge in [-0.25, -0.2) is 0 Å². The molecule has 0 radical (unpaired) electrons. The van der Waals surface area contributed by atoms with E-state index in [9.17, 15) is 0 Å². The fourth-order valence-electron chi connectivity index (χ4n) is 14.5. The molecule has 2 heterocycles. The van der Waals surface area contributed by atoms with E-state index in [1.54, 1.807) is 0 Å². The van der Waals surface area contributed by atoms with Crippen LogP contribution in [0, 0.1) is 0 Å². The fraction of sp³-hybridized carbons (Fsp3) is 0.0118. The van der Waals surface area contributed by atoms with Crippen molar-refractivity contribution in [1.29, 1.82) is 0 Å². The molecule has 0 N–H and O–H groups in total. The maximum Gasteiger partial charge on any atom is 0.0719 e. The molecule has 87 heavy (non-hydrogen) atoms. The quantitative estimate of drug-likeness (QED) is 0.129. The van der Waals surface area contributed by atoms with Gasteiger partial charge < -0.3 is 9.13 Å². The van der Waals surface area contributed by atoms with E-state index in [4.69, 9.17) is 0 Å². The first-order valence-corrected chi connectivity index (χ1v) is 30.1. The summed E-state index contributed by atoms with van der Waals surface area (Å²) >= 11 is 0. The molecule has 0 spiro atoms. The maximum absolute atomic E-state index is 2.42. The lowest BCUT2D eigenvalue weighted by Gasteiger charge is -2.35. The molecular formula is C85H56N2. The minimum absolute atomic E-state index is 0.492. The van der Waals surface area contributed by atoms with E-state index in [2.05, 4.69) is 349 Å². The second kappa shape index (κ2) is 20.5. The van der Waals surface area contributed by atoms with Gasteiger partial charge in [-0.05, 0) is 167 Å². The number of hydrogen-bond donors (Lipinski definition) is 0. The van der Waals surface area contributed by atoms with Gasteiger partial charge in [0.1, 0.15) is 0 Å². The summed E-state index contributed by atoms with van der Waals surface area (Å²) in [4.78, 5) is 0. The molecule has 1 aliphatic carbocycles. The lowest BCUT2D eigenvalue weighted by atomic mass is 9.66. The predicted octanol–water partition coefficient (Wildman–Crippen LogP) is 22.2. The van der Waals surface area contributed by atoms with Crippen molar-refractivity contribution in [2.24, 2.45) is 0 Å². The summed E-state index contributed by atoms with van der Waals surface area (Å²) < 4.78 is 4.82. The highest BCUT2D eigenvalue weighted by atomic mass is 15.0. The Bertz CT molecular complexity index is 5250. The summed E-state index contributed by atoms with van der Waals surface area (Å²) in [5.74, 6) is 0. The molecule has 0 bridgehead atoms. The summed E-state index contributed by atoms with van der Waals surface area (Å²) in [6, 6.07) is 125. The first-order chi connectivity index (χ1) is 43.2. The normalized spacial score (nSPS) is 12.5. The molecular weight excluding hydrogens is 1050 g/mol. The second-order valence-electron chi connectivity index (χ2n) is 23.1. The average molecular weight is 1110 g/mol. The maximum atomic E-state index is 2.42. The topological polar surface area (TPSA) is 9.86 Å². The molecule has 0 saturated carbocycles. The van der Waals surface area contributed by atoms with Crippen LogP contribution in [-0.4, -0.2) is 9.13 Å². The lowest BCUT2D eigenvalue weighted by molar-refractivity contribution is 0.770. The molecule has 0 saturated heterocycles. The number of hydrogen-bond acceptors (Lipinski definition) is 0. The molecule has 17 rings (SSSR count). The van der Waals surface area contributed by atoms with Gasteiger partial charge in [0.05, 0.1) is 27.5 Å². The van der Waals surface area contributed by atoms with Crippen molar-refractivity contribution in [2.45, 2.75) is 5.41 Å². The van der Waals surface area contributed by atoms with Gasteiger partial charge in [-0.15, -0.1) is 0 Å². The Kier molecular flexibility index (Phi) is 11.8. The highest BCUT2D eigenvalue weighted by Crippen LogP contribution is 2.58. The van der Waals surface area contributed by atoms with Crippen LogP contribution >= 0.6 is 0 Å². The van der Waals surface area contributed by atoms with E-state index in [-0.39, 0.29) is 0 Å². The average Bonchev–Trinajstić information content (AvgIpc) is 1.60. The van der Waals surface area contributed by atoms with Crippen LogP contribution in [0.25, 0.3) is 133 Å². The van der Waals surface area contributed by atoms with Crippen LogP contribution in [0.3, 0.4) is 0 Å². The monoisotopic (exact) mass is 1100 g/mol. The van der Waals surface area contributed by atoms with Crippen LogP contribution in [0.1, 0.15) is 22.3 Å². The van der Waals surface area contributed by atoms with E-state index >= 15 is 0 Å². The van der Waals surface area contributed by atoms with Crippen LogP contribution in [-0.2, 0) is 5.41 Å². The van der Waals surface area contributed by atoms with Gasteiger partial charge in [-0.2, -0.15) is 0 Å². The predicted molar refractivity (Wildman–Crippen MR) is 365 cm³/mol. The van der Waals surface area contributed by atoms with E-state index in [1.807, 2.05) is 0 Å². The van der Waals surface area contributed by atoms with Crippen LogP contribution in [0.5, 0.6) is 0 Å². The molecule has 0 unspecified atom stereocenters. The zero-order chi connectivity index (χ0) is 57.4. The van der Waals surface area contributed by atoms with Crippen molar-refractivity contribution in [3.8, 4) is 89.3 Å². The fourth-order valence-corrected chi connectivity index (χ4v) is 14.5. The summed E-state index contributed by atoms with van der Waals surface area (Å²) in [7, 11) is 0. The first kappa shape index (κ1) is 50.2. The van der Waals surface area contributed by atoms with E-state index in [0.717, 1.165) is 11.4 Å². The number of nitrogens with zero attached hydrogens (tertiary/aromatic N) is 2. The minimum atomic E-state index is -0.492. The Morgan fingerprint density at radius 2 is 0.517 bits per heavy atom. The highest BCUT2D eigenvalue weighted by molar-refractivity contribution is 6.13. The van der Waals surface area contributed by atoms with E-state index < -0.39 is 5.41 Å². The van der Waals surface area contributed by atoms with Gasteiger partial charge in [0.2, 0.25) is 0 Å². The van der Waals surface area contributed by atoms with Crippen LogP contribution < -0.4 is 0 Å². The molecule has 0 atom stereocenters. The minimum Gasteiger partial charge on any atom is -0.309 e. The van der Waals surface area contributed by atoms with E-state index in [1.165, 1.54) is 144 Å². The van der Waals surface area contributed by atoms with Crippen LogP contribution in [0.2, 0.25) is 0 Å². The van der Waals surface area contributed by atoms with Crippen LogP contribution in [0.15, 0.2) is 340 Å². The van der Waals surface area contributed by atoms with Gasteiger partial charge in [0.15, 0.2) is 0 Å². The van der Waals surface area contributed by atoms with Crippen molar-refractivity contribution >= 4 is 43.6 Å². The van der Waals surface area contributed by atoms with Crippen molar-refractivity contribution < 1.29 is 0 Å². The summed E-state index contributed by atoms with van der Waals surface area (Å²) in [5.41, 5.74) is 28.7. The summed E-state index contributed by atoms with van der Waals surface area (Å²) in [6.07, 6.45) is 0. The number of aromatic nitrogens is 2. The molecule has 16 aromatic rings. The van der Waals surface area contributed by atoms with E-state index in [0.29, 0.717) is 0 Å². The molecule has 2 heteroatoms. The number of rotatable bonds is 10. The smallest absolute Gasteiger partial charge is 0.0719 e. The molecule has 2 aromatic heterocycles. The zero-order valence-corrected chi connectivity index (χ0v) is 47.7. The lowest BCUT2D eigenvalue weighted by Crippen LogP contribution is -2.29. The van der Waals surface area contributed by atoms with Crippen molar-refractivity contribution in [3.63, 3.8) is 0 Å². The number of para-hydroxylation sites is 2. The summed E-state index contributed by atoms with van der Waals surface area (Å²) in [6.45, 7) is 0. The van der Waals surface area contributed by atoms with Gasteiger partial charge in [0.25, 0.3) is 0 Å². The van der Waals surface area contributed by atoms with Crippen LogP contribution in [0.4, 0.5) is 0 Å². The Labute approximate surface area is 506 Å². The molecule has 0 aliphatic heterocycles. The Hall–Kier alpha value is -11.3. The first-order valence-electron chi connectivity index (χ1n) is 30.1. The van der Waals surface area contributed by atoms with Gasteiger partial charge in [0, 0.05) is 32.9 Å². The van der Waals surface area contributed by atoms with Gasteiger partial charge >= 0.3 is 0 Å². The standard InChI is InChI=1S/C85H56N2/c1-3-20-57(21-4-1)58-42-48-67(49-43-58)86-81-36-17-12-31-74(81)76-55-63(46-52-83(76)86)64-47-53-84-77(56-64)75-32-13-18-37-82(75)87(84)68-50-44-61(45-51-68)70-27-8-7-26-69(70)60-40-38-59(39-41-60)62-22-19-23-65(54-62)71-28-9-14-33-78(71)85(66-24-5-2-6-25-66)79-34-15-10-29-72(79)73-30-11-16-35-80(73)85/h1-56H. The molecule has 2 nitrogen and oxygen atoms in total. The largest absolute Gasteiger partial charge is 0.309 e. The van der Waals surface area contributed by atoms with Gasteiger partial charge in [-0.3, -0.25) is 0 Å². The SMILES string of the molecule is c1ccc(-c2ccc(-n3c4ccccc4c4cc(-c5ccc6c(c5)c5ccccc5n6-c5ccc(-c6ccccc6-c6ccc(-c7cccc(-c8ccccc8C8(c9ccccc9)c9ccccc9-c9ccccc98)c7)cc6)cc5)ccc43)cc2)cc1. The highest BCUT2D eigenvalue weighted by Gasteiger charge is 2.47. The Morgan fingerprint density at radius 3 is 1.06 bits per heavy atom. The third kappa shape index (κ3) is 8.10. The number of fused-ring (bicyclic) bond motifs is 9. The molecule has 0 fully saturated rings. The van der Waals surface area contributed by atoms with Crippen molar-refractivity contribution in [1.82, 2.24) is 9.13 Å². The third-order valence-corrected chi connectivity index (χ3v) is 18.5. The second-order valence-corrected chi connectivity index (χ2v) is 23.1. The van der Waals surface area contributed by atoms with Crippen molar-refractivity contribution in [2.75, 3.05) is 0 Å². The Morgan fingerprint density at radius 1 is 0.184 bits per heavy atom. The third-order valence-electron chi connectivity index (χ3n) is 18.5. The van der Waals surface area contributed by atoms with Crippen molar-refractivity contribution in [3.05, 3.63) is 362 Å².